The lowest BCUT2D eigenvalue weighted by Crippen LogP contribution is -2.27. The van der Waals surface area contributed by atoms with E-state index < -0.39 is 21.5 Å². The van der Waals surface area contributed by atoms with E-state index in [-0.39, 0.29) is 10.5 Å². The van der Waals surface area contributed by atoms with Crippen LogP contribution in [-0.2, 0) is 20.3 Å². The van der Waals surface area contributed by atoms with Crippen LogP contribution in [0.25, 0.3) is 0 Å². The molecule has 0 fully saturated rings. The Morgan fingerprint density at radius 2 is 2.00 bits per heavy atom. The maximum atomic E-state index is 13.7. The maximum Gasteiger partial charge on any atom is 0.345 e. The molecule has 88 valence electrons. The van der Waals surface area contributed by atoms with Crippen LogP contribution in [0.4, 0.5) is 4.39 Å². The van der Waals surface area contributed by atoms with Gasteiger partial charge in [-0.3, -0.25) is 0 Å². The fourth-order valence-corrected chi connectivity index (χ4v) is 1.81. The zero-order valence-electron chi connectivity index (χ0n) is 8.77. The first-order valence-corrected chi connectivity index (χ1v) is 6.28. The van der Waals surface area contributed by atoms with Gasteiger partial charge in [-0.1, -0.05) is 12.1 Å². The molecule has 16 heavy (non-hydrogen) atoms. The molecule has 0 bridgehead atoms. The van der Waals surface area contributed by atoms with Gasteiger partial charge in [0.15, 0.2) is 9.84 Å². The highest BCUT2D eigenvalue weighted by Gasteiger charge is 2.35. The van der Waals surface area contributed by atoms with Crippen molar-refractivity contribution in [1.29, 1.82) is 0 Å². The third kappa shape index (κ3) is 2.38. The number of carboxylic acid groups (broad SMARTS) is 1. The number of sulfone groups is 1. The molecule has 0 amide bonds. The van der Waals surface area contributed by atoms with Crippen LogP contribution in [0.1, 0.15) is 12.5 Å². The lowest BCUT2D eigenvalue weighted by atomic mass is 9.98. The van der Waals surface area contributed by atoms with Crippen LogP contribution in [0.5, 0.6) is 0 Å². The molecule has 1 unspecified atom stereocenters. The van der Waals surface area contributed by atoms with Crippen molar-refractivity contribution in [1.82, 2.24) is 0 Å². The largest absolute Gasteiger partial charge is 0.479 e. The average Bonchev–Trinajstić information content (AvgIpc) is 2.16. The molecule has 0 aliphatic rings. The van der Waals surface area contributed by atoms with Gasteiger partial charge in [0.25, 0.3) is 0 Å². The van der Waals surface area contributed by atoms with Crippen LogP contribution in [0, 0.1) is 0 Å². The normalized spacial score (nSPS) is 15.4. The van der Waals surface area contributed by atoms with Crippen molar-refractivity contribution in [3.05, 3.63) is 29.8 Å². The number of hydrogen-bond donors (Lipinski definition) is 1. The van der Waals surface area contributed by atoms with E-state index >= 15 is 0 Å². The molecule has 1 aromatic carbocycles. The summed E-state index contributed by atoms with van der Waals surface area (Å²) in [4.78, 5) is 10.6. The molecule has 0 saturated carbocycles. The molecule has 6 heteroatoms. The first-order chi connectivity index (χ1) is 7.15. The van der Waals surface area contributed by atoms with Crippen molar-refractivity contribution in [2.45, 2.75) is 17.5 Å². The average molecular weight is 246 g/mol. The minimum Gasteiger partial charge on any atom is -0.479 e. The highest BCUT2D eigenvalue weighted by molar-refractivity contribution is 7.90. The molecular weight excluding hydrogens is 235 g/mol. The first kappa shape index (κ1) is 12.6. The van der Waals surface area contributed by atoms with Gasteiger partial charge in [0.05, 0.1) is 4.90 Å². The van der Waals surface area contributed by atoms with Gasteiger partial charge in [0.1, 0.15) is 0 Å². The predicted octanol–water partition coefficient (Wildman–Crippen LogP) is 1.36. The number of aliphatic carboxylic acids is 1. The summed E-state index contributed by atoms with van der Waals surface area (Å²) in [6.07, 6.45) is 0.975. The van der Waals surface area contributed by atoms with E-state index in [1.165, 1.54) is 18.2 Å². The van der Waals surface area contributed by atoms with Crippen LogP contribution < -0.4 is 0 Å². The van der Waals surface area contributed by atoms with Crippen molar-refractivity contribution in [3.8, 4) is 0 Å². The van der Waals surface area contributed by atoms with E-state index in [1.807, 2.05) is 0 Å². The molecule has 0 aliphatic heterocycles. The Balaban J connectivity index is 3.34. The molecule has 1 rings (SSSR count). The molecule has 1 N–H and O–H groups in total. The van der Waals surface area contributed by atoms with E-state index in [2.05, 4.69) is 0 Å². The van der Waals surface area contributed by atoms with Crippen LogP contribution in [0.2, 0.25) is 0 Å². The summed E-state index contributed by atoms with van der Waals surface area (Å²) in [5.74, 6) is -1.65. The number of rotatable bonds is 3. The summed E-state index contributed by atoms with van der Waals surface area (Å²) in [5, 5.41) is 8.66. The first-order valence-electron chi connectivity index (χ1n) is 4.38. The Morgan fingerprint density at radius 3 is 2.44 bits per heavy atom. The SMILES string of the molecule is CC(F)(C(=O)O)c1cccc(S(C)(=O)=O)c1. The third-order valence-electron chi connectivity index (χ3n) is 2.21. The summed E-state index contributed by atoms with van der Waals surface area (Å²) in [6.45, 7) is 0.872. The molecule has 0 radical (unpaired) electrons. The Bertz CT molecular complexity index is 519. The van der Waals surface area contributed by atoms with E-state index in [4.69, 9.17) is 5.11 Å². The summed E-state index contributed by atoms with van der Waals surface area (Å²) in [7, 11) is -3.47. The minimum atomic E-state index is -3.47. The van der Waals surface area contributed by atoms with E-state index in [9.17, 15) is 17.6 Å². The second kappa shape index (κ2) is 3.86. The van der Waals surface area contributed by atoms with Crippen LogP contribution in [0.15, 0.2) is 29.2 Å². The number of hydrogen-bond acceptors (Lipinski definition) is 3. The van der Waals surface area contributed by atoms with Crippen molar-refractivity contribution in [2.24, 2.45) is 0 Å². The zero-order chi connectivity index (χ0) is 12.6. The van der Waals surface area contributed by atoms with Crippen LogP contribution in [-0.4, -0.2) is 25.7 Å². The van der Waals surface area contributed by atoms with E-state index in [0.29, 0.717) is 0 Å². The molecule has 0 aromatic heterocycles. The quantitative estimate of drug-likeness (QED) is 0.874. The molecule has 0 aliphatic carbocycles. The monoisotopic (exact) mass is 246 g/mol. The number of carbonyl (C=O) groups is 1. The van der Waals surface area contributed by atoms with Gasteiger partial charge in [0, 0.05) is 11.8 Å². The fourth-order valence-electron chi connectivity index (χ4n) is 1.14. The van der Waals surface area contributed by atoms with Gasteiger partial charge in [0.2, 0.25) is 5.67 Å². The van der Waals surface area contributed by atoms with Crippen molar-refractivity contribution >= 4 is 15.8 Å². The number of alkyl halides is 1. The Hall–Kier alpha value is -1.43. The van der Waals surface area contributed by atoms with E-state index in [0.717, 1.165) is 19.2 Å². The zero-order valence-corrected chi connectivity index (χ0v) is 9.58. The van der Waals surface area contributed by atoms with Gasteiger partial charge in [-0.2, -0.15) is 0 Å². The number of benzene rings is 1. The molecular formula is C10H11FO4S. The highest BCUT2D eigenvalue weighted by atomic mass is 32.2. The number of halogens is 1. The summed E-state index contributed by atoms with van der Waals surface area (Å²) in [6, 6.07) is 4.87. The number of carboxylic acids is 1. The summed E-state index contributed by atoms with van der Waals surface area (Å²) >= 11 is 0. The molecule has 1 aromatic rings. The van der Waals surface area contributed by atoms with Gasteiger partial charge < -0.3 is 5.11 Å². The van der Waals surface area contributed by atoms with Crippen molar-refractivity contribution < 1.29 is 22.7 Å². The van der Waals surface area contributed by atoms with Crippen molar-refractivity contribution in [2.75, 3.05) is 6.26 Å². The molecule has 0 heterocycles. The van der Waals surface area contributed by atoms with Crippen LogP contribution >= 0.6 is 0 Å². The fraction of sp³-hybridized carbons (Fsp3) is 0.300. The van der Waals surface area contributed by atoms with E-state index in [1.54, 1.807) is 0 Å². The van der Waals surface area contributed by atoms with Gasteiger partial charge >= 0.3 is 5.97 Å². The Kier molecular flexibility index (Phi) is 3.05. The standard InChI is InChI=1S/C10H11FO4S/c1-10(11,9(12)13)7-4-3-5-8(6-7)16(2,14)15/h3-6H,1-2H3,(H,12,13). The second-order valence-electron chi connectivity index (χ2n) is 3.61. The van der Waals surface area contributed by atoms with Gasteiger partial charge in [-0.05, 0) is 19.1 Å². The lowest BCUT2D eigenvalue weighted by molar-refractivity contribution is -0.150. The van der Waals surface area contributed by atoms with Gasteiger partial charge in [-0.25, -0.2) is 17.6 Å². The highest BCUT2D eigenvalue weighted by Crippen LogP contribution is 2.27. The third-order valence-corrected chi connectivity index (χ3v) is 3.32. The minimum absolute atomic E-state index is 0.102. The van der Waals surface area contributed by atoms with Crippen LogP contribution in [0.3, 0.4) is 0 Å². The topological polar surface area (TPSA) is 71.4 Å². The second-order valence-corrected chi connectivity index (χ2v) is 5.62. The Morgan fingerprint density at radius 1 is 1.44 bits per heavy atom. The van der Waals surface area contributed by atoms with Crippen molar-refractivity contribution in [3.63, 3.8) is 0 Å². The predicted molar refractivity (Wildman–Crippen MR) is 55.6 cm³/mol. The summed E-state index contributed by atoms with van der Waals surface area (Å²) in [5.41, 5.74) is -2.79. The smallest absolute Gasteiger partial charge is 0.345 e. The molecule has 4 nitrogen and oxygen atoms in total. The lowest BCUT2D eigenvalue weighted by Gasteiger charge is -2.15. The molecule has 0 spiro atoms. The molecule has 1 atom stereocenters. The summed E-state index contributed by atoms with van der Waals surface area (Å²) < 4.78 is 36.1. The van der Waals surface area contributed by atoms with Gasteiger partial charge in [-0.15, -0.1) is 0 Å². The molecule has 0 saturated heterocycles. The Labute approximate surface area is 92.6 Å². The maximum absolute atomic E-state index is 13.7.